The van der Waals surface area contributed by atoms with Crippen molar-refractivity contribution in [1.29, 1.82) is 0 Å². The second-order valence-electron chi connectivity index (χ2n) is 6.65. The molecule has 0 amide bonds. The maximum absolute atomic E-state index is 3.78. The number of benzene rings is 2. The van der Waals surface area contributed by atoms with Gasteiger partial charge >= 0.3 is 0 Å². The largest absolute Gasteiger partial charge is 0.377 e. The number of nitrogens with one attached hydrogen (secondary N) is 1. The fourth-order valence-corrected chi connectivity index (χ4v) is 3.65. The molecule has 0 heterocycles. The predicted molar refractivity (Wildman–Crippen MR) is 98.9 cm³/mol. The van der Waals surface area contributed by atoms with Gasteiger partial charge in [0.15, 0.2) is 0 Å². The standard InChI is InChI=1S/C21H28N2/c1-3-4-10-15-23(2)20-16-17-11-8-9-14-19(17)21(20)22-18-12-6-5-7-13-18/h5-9,11-14,20-22H,3-4,10,15-16H2,1-2H3. The molecule has 0 saturated carbocycles. The fraction of sp³-hybridized carbons (Fsp3) is 0.429. The van der Waals surface area contributed by atoms with Crippen LogP contribution in [-0.2, 0) is 6.42 Å². The van der Waals surface area contributed by atoms with Crippen LogP contribution in [0.4, 0.5) is 5.69 Å². The summed E-state index contributed by atoms with van der Waals surface area (Å²) in [6.45, 7) is 3.45. The quantitative estimate of drug-likeness (QED) is 0.733. The molecule has 0 fully saturated rings. The van der Waals surface area contributed by atoms with Crippen LogP contribution in [0, 0.1) is 0 Å². The van der Waals surface area contributed by atoms with Crippen molar-refractivity contribution >= 4 is 5.69 Å². The van der Waals surface area contributed by atoms with Crippen LogP contribution in [0.3, 0.4) is 0 Å². The number of nitrogens with zero attached hydrogens (tertiary/aromatic N) is 1. The van der Waals surface area contributed by atoms with E-state index in [2.05, 4.69) is 78.8 Å². The highest BCUT2D eigenvalue weighted by atomic mass is 15.2. The van der Waals surface area contributed by atoms with E-state index in [1.165, 1.54) is 42.6 Å². The zero-order valence-corrected chi connectivity index (χ0v) is 14.3. The second-order valence-corrected chi connectivity index (χ2v) is 6.65. The van der Waals surface area contributed by atoms with Gasteiger partial charge < -0.3 is 10.2 Å². The topological polar surface area (TPSA) is 15.3 Å². The normalized spacial score (nSPS) is 19.8. The number of unbranched alkanes of at least 4 members (excludes halogenated alkanes) is 2. The average molecular weight is 308 g/mol. The first-order chi connectivity index (χ1) is 11.3. The first kappa shape index (κ1) is 16.1. The summed E-state index contributed by atoms with van der Waals surface area (Å²) in [6.07, 6.45) is 5.03. The maximum Gasteiger partial charge on any atom is 0.0675 e. The first-order valence-electron chi connectivity index (χ1n) is 8.89. The molecular formula is C21H28N2. The lowest BCUT2D eigenvalue weighted by molar-refractivity contribution is 0.225. The highest BCUT2D eigenvalue weighted by Crippen LogP contribution is 2.36. The molecule has 3 rings (SSSR count). The Bertz CT molecular complexity index is 608. The third kappa shape index (κ3) is 3.76. The molecule has 2 aromatic carbocycles. The molecule has 2 nitrogen and oxygen atoms in total. The third-order valence-corrected chi connectivity index (χ3v) is 4.98. The smallest absolute Gasteiger partial charge is 0.0675 e. The van der Waals surface area contributed by atoms with Gasteiger partial charge in [0, 0.05) is 11.7 Å². The van der Waals surface area contributed by atoms with Crippen molar-refractivity contribution in [3.63, 3.8) is 0 Å². The summed E-state index contributed by atoms with van der Waals surface area (Å²) in [6, 6.07) is 20.4. The van der Waals surface area contributed by atoms with E-state index in [-0.39, 0.29) is 0 Å². The summed E-state index contributed by atoms with van der Waals surface area (Å²) in [4.78, 5) is 2.55. The summed E-state index contributed by atoms with van der Waals surface area (Å²) >= 11 is 0. The van der Waals surface area contributed by atoms with Crippen LogP contribution in [0.1, 0.15) is 43.4 Å². The molecule has 0 aromatic heterocycles. The average Bonchev–Trinajstić information content (AvgIpc) is 2.95. The van der Waals surface area contributed by atoms with Gasteiger partial charge in [0.05, 0.1) is 6.04 Å². The molecule has 0 aliphatic heterocycles. The van der Waals surface area contributed by atoms with Crippen LogP contribution >= 0.6 is 0 Å². The highest BCUT2D eigenvalue weighted by molar-refractivity contribution is 5.49. The van der Waals surface area contributed by atoms with Gasteiger partial charge in [-0.05, 0) is 49.7 Å². The van der Waals surface area contributed by atoms with Crippen molar-refractivity contribution in [2.45, 2.75) is 44.7 Å². The zero-order valence-electron chi connectivity index (χ0n) is 14.3. The van der Waals surface area contributed by atoms with Crippen LogP contribution in [0.5, 0.6) is 0 Å². The highest BCUT2D eigenvalue weighted by Gasteiger charge is 2.34. The van der Waals surface area contributed by atoms with Crippen LogP contribution in [0.25, 0.3) is 0 Å². The van der Waals surface area contributed by atoms with E-state index in [9.17, 15) is 0 Å². The zero-order chi connectivity index (χ0) is 16.1. The lowest BCUT2D eigenvalue weighted by Gasteiger charge is -2.31. The molecule has 122 valence electrons. The number of para-hydroxylation sites is 1. The molecule has 1 aliphatic rings. The van der Waals surface area contributed by atoms with E-state index in [4.69, 9.17) is 0 Å². The molecule has 2 heteroatoms. The summed E-state index contributed by atoms with van der Waals surface area (Å²) < 4.78 is 0. The van der Waals surface area contributed by atoms with Crippen molar-refractivity contribution in [3.8, 4) is 0 Å². The molecule has 2 atom stereocenters. The van der Waals surface area contributed by atoms with Crippen LogP contribution in [-0.4, -0.2) is 24.5 Å². The van der Waals surface area contributed by atoms with Gasteiger partial charge in [-0.25, -0.2) is 0 Å². The van der Waals surface area contributed by atoms with E-state index >= 15 is 0 Å². The van der Waals surface area contributed by atoms with Gasteiger partial charge in [-0.15, -0.1) is 0 Å². The predicted octanol–water partition coefficient (Wildman–Crippen LogP) is 4.89. The Kier molecular flexibility index (Phi) is 5.35. The summed E-state index contributed by atoms with van der Waals surface area (Å²) in [5.74, 6) is 0. The molecule has 0 spiro atoms. The van der Waals surface area contributed by atoms with Gasteiger partial charge in [-0.1, -0.05) is 62.2 Å². The molecule has 2 aromatic rings. The second kappa shape index (κ2) is 7.65. The van der Waals surface area contributed by atoms with Crippen LogP contribution in [0.2, 0.25) is 0 Å². The van der Waals surface area contributed by atoms with E-state index in [0.717, 1.165) is 6.42 Å². The van der Waals surface area contributed by atoms with Crippen molar-refractivity contribution < 1.29 is 0 Å². The Morgan fingerprint density at radius 1 is 1.00 bits per heavy atom. The molecule has 0 saturated heterocycles. The number of likely N-dealkylation sites (N-methyl/N-ethyl adjacent to an activating group) is 1. The first-order valence-corrected chi connectivity index (χ1v) is 8.89. The van der Waals surface area contributed by atoms with Crippen molar-refractivity contribution in [3.05, 3.63) is 65.7 Å². The number of rotatable bonds is 7. The number of fused-ring (bicyclic) bond motifs is 1. The van der Waals surface area contributed by atoms with Crippen molar-refractivity contribution in [2.75, 3.05) is 18.9 Å². The minimum atomic E-state index is 0.375. The van der Waals surface area contributed by atoms with Crippen molar-refractivity contribution in [1.82, 2.24) is 4.90 Å². The third-order valence-electron chi connectivity index (χ3n) is 4.98. The molecular weight excluding hydrogens is 280 g/mol. The van der Waals surface area contributed by atoms with Crippen molar-refractivity contribution in [2.24, 2.45) is 0 Å². The van der Waals surface area contributed by atoms with E-state index < -0.39 is 0 Å². The maximum atomic E-state index is 3.78. The Morgan fingerprint density at radius 3 is 2.52 bits per heavy atom. The lowest BCUT2D eigenvalue weighted by atomic mass is 10.1. The van der Waals surface area contributed by atoms with Gasteiger partial charge in [-0.3, -0.25) is 0 Å². The van der Waals surface area contributed by atoms with Gasteiger partial charge in [-0.2, -0.15) is 0 Å². The van der Waals surface area contributed by atoms with E-state index in [1.807, 2.05) is 0 Å². The number of anilines is 1. The number of hydrogen-bond acceptors (Lipinski definition) is 2. The van der Waals surface area contributed by atoms with E-state index in [0.29, 0.717) is 12.1 Å². The number of hydrogen-bond donors (Lipinski definition) is 1. The summed E-state index contributed by atoms with van der Waals surface area (Å²) in [5, 5.41) is 3.78. The molecule has 1 aliphatic carbocycles. The van der Waals surface area contributed by atoms with Crippen LogP contribution < -0.4 is 5.32 Å². The van der Waals surface area contributed by atoms with Gasteiger partial charge in [0.2, 0.25) is 0 Å². The minimum absolute atomic E-state index is 0.375. The van der Waals surface area contributed by atoms with Gasteiger partial charge in [0.1, 0.15) is 0 Å². The summed E-state index contributed by atoms with van der Waals surface area (Å²) in [7, 11) is 2.28. The molecule has 0 bridgehead atoms. The Hall–Kier alpha value is -1.80. The summed E-state index contributed by atoms with van der Waals surface area (Å²) in [5.41, 5.74) is 4.16. The molecule has 23 heavy (non-hydrogen) atoms. The Labute approximate surface area is 140 Å². The minimum Gasteiger partial charge on any atom is -0.377 e. The lowest BCUT2D eigenvalue weighted by Crippen LogP contribution is -2.38. The fourth-order valence-electron chi connectivity index (χ4n) is 3.65. The monoisotopic (exact) mass is 308 g/mol. The molecule has 2 unspecified atom stereocenters. The SMILES string of the molecule is CCCCCN(C)C1Cc2ccccc2C1Nc1ccccc1. The van der Waals surface area contributed by atoms with Crippen LogP contribution in [0.15, 0.2) is 54.6 Å². The van der Waals surface area contributed by atoms with E-state index in [1.54, 1.807) is 0 Å². The van der Waals surface area contributed by atoms with Gasteiger partial charge in [0.25, 0.3) is 0 Å². The Balaban J connectivity index is 1.78. The Morgan fingerprint density at radius 2 is 1.74 bits per heavy atom. The molecule has 0 radical (unpaired) electrons. The molecule has 1 N–H and O–H groups in total.